The van der Waals surface area contributed by atoms with Crippen molar-refractivity contribution in [3.63, 3.8) is 0 Å². The standard InChI is InChI=1S/C15H20Br2N2O2/c1-15(2,3)21-14(20)19-8-11(9-19)18-7-10-4-5-12(16)13(17)6-10/h4-6,11,18H,7-9H2,1-3H3. The highest BCUT2D eigenvalue weighted by molar-refractivity contribution is 9.13. The van der Waals surface area contributed by atoms with Gasteiger partial charge in [0.1, 0.15) is 5.60 Å². The maximum atomic E-state index is 11.8. The highest BCUT2D eigenvalue weighted by Crippen LogP contribution is 2.24. The molecule has 0 radical (unpaired) electrons. The van der Waals surface area contributed by atoms with E-state index in [1.807, 2.05) is 26.8 Å². The van der Waals surface area contributed by atoms with Gasteiger partial charge in [0.05, 0.1) is 0 Å². The van der Waals surface area contributed by atoms with Crippen LogP contribution in [0, 0.1) is 0 Å². The van der Waals surface area contributed by atoms with Gasteiger partial charge in [-0.05, 0) is 70.3 Å². The first kappa shape index (κ1) is 16.8. The van der Waals surface area contributed by atoms with E-state index in [-0.39, 0.29) is 6.09 Å². The van der Waals surface area contributed by atoms with Gasteiger partial charge in [-0.15, -0.1) is 0 Å². The third-order valence-corrected chi connectivity index (χ3v) is 4.99. The summed E-state index contributed by atoms with van der Waals surface area (Å²) in [6, 6.07) is 6.52. The van der Waals surface area contributed by atoms with Gasteiger partial charge in [0.25, 0.3) is 0 Å². The molecule has 0 saturated carbocycles. The lowest BCUT2D eigenvalue weighted by Gasteiger charge is -2.40. The minimum Gasteiger partial charge on any atom is -0.444 e. The van der Waals surface area contributed by atoms with Crippen LogP contribution in [0.1, 0.15) is 26.3 Å². The fourth-order valence-electron chi connectivity index (χ4n) is 2.00. The fraction of sp³-hybridized carbons (Fsp3) is 0.533. The number of carbonyl (C=O) groups is 1. The molecule has 21 heavy (non-hydrogen) atoms. The molecule has 0 bridgehead atoms. The summed E-state index contributed by atoms with van der Waals surface area (Å²) in [5.74, 6) is 0. The Labute approximate surface area is 142 Å². The van der Waals surface area contributed by atoms with Crippen LogP contribution in [-0.2, 0) is 11.3 Å². The van der Waals surface area contributed by atoms with Crippen molar-refractivity contribution >= 4 is 38.0 Å². The molecule has 1 aromatic rings. The summed E-state index contributed by atoms with van der Waals surface area (Å²) < 4.78 is 7.42. The van der Waals surface area contributed by atoms with Crippen molar-refractivity contribution < 1.29 is 9.53 Å². The summed E-state index contributed by atoms with van der Waals surface area (Å²) in [6.45, 7) is 7.83. The maximum absolute atomic E-state index is 11.8. The second kappa shape index (κ2) is 6.67. The van der Waals surface area contributed by atoms with Gasteiger partial charge in [0.15, 0.2) is 0 Å². The molecule has 1 amide bonds. The molecule has 2 rings (SSSR count). The summed E-state index contributed by atoms with van der Waals surface area (Å²) in [6.07, 6.45) is -0.230. The fourth-order valence-corrected chi connectivity index (χ4v) is 2.67. The molecule has 1 N–H and O–H groups in total. The topological polar surface area (TPSA) is 41.6 Å². The highest BCUT2D eigenvalue weighted by Gasteiger charge is 2.33. The molecular formula is C15H20Br2N2O2. The monoisotopic (exact) mass is 418 g/mol. The van der Waals surface area contributed by atoms with Crippen molar-refractivity contribution in [2.75, 3.05) is 13.1 Å². The van der Waals surface area contributed by atoms with E-state index in [1.165, 1.54) is 5.56 Å². The van der Waals surface area contributed by atoms with Crippen LogP contribution >= 0.6 is 31.9 Å². The van der Waals surface area contributed by atoms with Crippen molar-refractivity contribution in [2.24, 2.45) is 0 Å². The maximum Gasteiger partial charge on any atom is 0.410 e. The Hall–Kier alpha value is -0.590. The van der Waals surface area contributed by atoms with Crippen molar-refractivity contribution in [3.05, 3.63) is 32.7 Å². The Kier molecular flexibility index (Phi) is 5.33. The molecule has 116 valence electrons. The largest absolute Gasteiger partial charge is 0.444 e. The molecule has 1 saturated heterocycles. The van der Waals surface area contributed by atoms with Gasteiger partial charge >= 0.3 is 6.09 Å². The normalized spacial score (nSPS) is 15.8. The number of ether oxygens (including phenoxy) is 1. The Bertz CT molecular complexity index is 523. The molecule has 0 aliphatic carbocycles. The van der Waals surface area contributed by atoms with Crippen LogP contribution in [0.5, 0.6) is 0 Å². The molecule has 1 aromatic carbocycles. The molecule has 1 aliphatic rings. The first-order valence-electron chi connectivity index (χ1n) is 6.90. The van der Waals surface area contributed by atoms with Crippen LogP contribution in [0.15, 0.2) is 27.1 Å². The summed E-state index contributed by atoms with van der Waals surface area (Å²) in [5.41, 5.74) is 0.778. The summed E-state index contributed by atoms with van der Waals surface area (Å²) in [5, 5.41) is 3.44. The van der Waals surface area contributed by atoms with E-state index >= 15 is 0 Å². The SMILES string of the molecule is CC(C)(C)OC(=O)N1CC(NCc2ccc(Br)c(Br)c2)C1. The molecule has 0 spiro atoms. The van der Waals surface area contributed by atoms with Crippen LogP contribution < -0.4 is 5.32 Å². The number of hydrogen-bond acceptors (Lipinski definition) is 3. The van der Waals surface area contributed by atoms with Gasteiger partial charge in [0, 0.05) is 34.6 Å². The second-order valence-electron chi connectivity index (χ2n) is 6.21. The number of carbonyl (C=O) groups excluding carboxylic acids is 1. The van der Waals surface area contributed by atoms with Crippen molar-refractivity contribution in [1.29, 1.82) is 0 Å². The summed E-state index contributed by atoms with van der Waals surface area (Å²) in [7, 11) is 0. The number of nitrogens with zero attached hydrogens (tertiary/aromatic N) is 1. The van der Waals surface area contributed by atoms with Crippen molar-refractivity contribution in [2.45, 2.75) is 39.0 Å². The predicted octanol–water partition coefficient (Wildman–Crippen LogP) is 3.92. The number of likely N-dealkylation sites (tertiary alicyclic amines) is 1. The minimum absolute atomic E-state index is 0.230. The lowest BCUT2D eigenvalue weighted by atomic mass is 10.1. The highest BCUT2D eigenvalue weighted by atomic mass is 79.9. The van der Waals surface area contributed by atoms with Gasteiger partial charge in [-0.1, -0.05) is 6.07 Å². The number of amides is 1. The van der Waals surface area contributed by atoms with E-state index < -0.39 is 5.60 Å². The minimum atomic E-state index is -0.431. The average molecular weight is 420 g/mol. The van der Waals surface area contributed by atoms with Crippen molar-refractivity contribution in [1.82, 2.24) is 10.2 Å². The van der Waals surface area contributed by atoms with E-state index in [0.29, 0.717) is 19.1 Å². The summed E-state index contributed by atoms with van der Waals surface area (Å²) in [4.78, 5) is 13.5. The number of hydrogen-bond donors (Lipinski definition) is 1. The van der Waals surface area contributed by atoms with Crippen molar-refractivity contribution in [3.8, 4) is 0 Å². The van der Waals surface area contributed by atoms with E-state index in [1.54, 1.807) is 4.90 Å². The van der Waals surface area contributed by atoms with E-state index in [2.05, 4.69) is 49.3 Å². The van der Waals surface area contributed by atoms with Gasteiger partial charge in [-0.3, -0.25) is 0 Å². The van der Waals surface area contributed by atoms with Crippen LogP contribution in [-0.4, -0.2) is 35.7 Å². The molecule has 1 aliphatic heterocycles. The number of halogens is 2. The second-order valence-corrected chi connectivity index (χ2v) is 7.92. The van der Waals surface area contributed by atoms with E-state index in [0.717, 1.165) is 15.5 Å². The van der Waals surface area contributed by atoms with Gasteiger partial charge in [0.2, 0.25) is 0 Å². The Balaban J connectivity index is 1.73. The third kappa shape index (κ3) is 4.97. The molecule has 1 heterocycles. The summed E-state index contributed by atoms with van der Waals surface area (Å²) >= 11 is 6.95. The zero-order valence-electron chi connectivity index (χ0n) is 12.5. The Morgan fingerprint density at radius 1 is 1.33 bits per heavy atom. The van der Waals surface area contributed by atoms with Crippen LogP contribution in [0.3, 0.4) is 0 Å². The molecule has 0 aromatic heterocycles. The zero-order chi connectivity index (χ0) is 15.6. The van der Waals surface area contributed by atoms with E-state index in [4.69, 9.17) is 4.74 Å². The number of nitrogens with one attached hydrogen (secondary N) is 1. The first-order valence-corrected chi connectivity index (χ1v) is 8.48. The molecule has 4 nitrogen and oxygen atoms in total. The third-order valence-electron chi connectivity index (χ3n) is 3.11. The lowest BCUT2D eigenvalue weighted by molar-refractivity contribution is 0.00519. The quantitative estimate of drug-likeness (QED) is 0.807. The van der Waals surface area contributed by atoms with Crippen LogP contribution in [0.4, 0.5) is 4.79 Å². The van der Waals surface area contributed by atoms with Gasteiger partial charge in [-0.2, -0.15) is 0 Å². The lowest BCUT2D eigenvalue weighted by Crippen LogP contribution is -2.60. The Morgan fingerprint density at radius 2 is 2.00 bits per heavy atom. The van der Waals surface area contributed by atoms with Gasteiger partial charge in [-0.25, -0.2) is 4.79 Å². The molecular weight excluding hydrogens is 400 g/mol. The van der Waals surface area contributed by atoms with Gasteiger partial charge < -0.3 is 15.0 Å². The zero-order valence-corrected chi connectivity index (χ0v) is 15.6. The van der Waals surface area contributed by atoms with Crippen LogP contribution in [0.2, 0.25) is 0 Å². The number of rotatable bonds is 3. The molecule has 0 unspecified atom stereocenters. The molecule has 0 atom stereocenters. The van der Waals surface area contributed by atoms with E-state index in [9.17, 15) is 4.79 Å². The molecule has 6 heteroatoms. The smallest absolute Gasteiger partial charge is 0.410 e. The van der Waals surface area contributed by atoms with Crippen LogP contribution in [0.25, 0.3) is 0 Å². The Morgan fingerprint density at radius 3 is 2.57 bits per heavy atom. The predicted molar refractivity (Wildman–Crippen MR) is 90.3 cm³/mol. The number of benzene rings is 1. The first-order chi connectivity index (χ1) is 9.74. The molecule has 1 fully saturated rings. The average Bonchev–Trinajstić information content (AvgIpc) is 2.29.